The molecule has 0 aliphatic carbocycles. The van der Waals surface area contributed by atoms with Gasteiger partial charge in [-0.1, -0.05) is 41.7 Å². The summed E-state index contributed by atoms with van der Waals surface area (Å²) in [6, 6.07) is 23.2. The van der Waals surface area contributed by atoms with E-state index in [0.29, 0.717) is 4.53 Å². The third-order valence-corrected chi connectivity index (χ3v) is 8.16. The summed E-state index contributed by atoms with van der Waals surface area (Å²) in [5, 5.41) is 9.32. The second-order valence-electron chi connectivity index (χ2n) is 10.2. The van der Waals surface area contributed by atoms with Gasteiger partial charge < -0.3 is 9.47 Å². The second kappa shape index (κ2) is 10.4. The number of hydrogen-bond donors (Lipinski definition) is 0. The largest absolute Gasteiger partial charge is 0.497 e. The number of thiazole rings is 1. The number of para-hydroxylation sites is 1. The Hall–Kier alpha value is -5.09. The summed E-state index contributed by atoms with van der Waals surface area (Å²) in [7, 11) is 1.60. The predicted molar refractivity (Wildman–Crippen MR) is 161 cm³/mol. The van der Waals surface area contributed by atoms with E-state index in [4.69, 9.17) is 14.6 Å². The van der Waals surface area contributed by atoms with Crippen LogP contribution in [0, 0.1) is 0 Å². The van der Waals surface area contributed by atoms with Crippen molar-refractivity contribution in [2.75, 3.05) is 7.11 Å². The molecule has 0 saturated carbocycles. The number of methoxy groups -OCH3 is 1. The van der Waals surface area contributed by atoms with Crippen molar-refractivity contribution in [2.24, 2.45) is 0 Å². The molecule has 9 nitrogen and oxygen atoms in total. The van der Waals surface area contributed by atoms with Gasteiger partial charge in [-0.3, -0.25) is 9.59 Å². The number of nitrogens with zero attached hydrogens (tertiary/aromatic N) is 5. The summed E-state index contributed by atoms with van der Waals surface area (Å²) in [5.41, 5.74) is 4.71. The Morgan fingerprint density at radius 3 is 2.64 bits per heavy atom. The molecule has 7 rings (SSSR count). The van der Waals surface area contributed by atoms with Crippen molar-refractivity contribution in [2.45, 2.75) is 25.9 Å². The standard InChI is InChI=1S/C32H25N5O4S/c1-19-14-22-16-21(10-13-27(22)41-19)29-23(18-36(35-29)24-6-4-3-5-7-24)17-28-31(39)37-32(42-28)33-30(38)26(34-37)15-20-8-11-25(40-2)12-9-20/h3-13,16-19H,14-15H2,1-2H3. The first-order valence-corrected chi connectivity index (χ1v) is 14.3. The maximum Gasteiger partial charge on any atom is 0.296 e. The van der Waals surface area contributed by atoms with E-state index in [0.717, 1.165) is 62.9 Å². The normalized spacial score (nSPS) is 14.7. The van der Waals surface area contributed by atoms with Gasteiger partial charge in [0, 0.05) is 30.2 Å². The molecule has 0 radical (unpaired) electrons. The molecule has 0 amide bonds. The highest BCUT2D eigenvalue weighted by Gasteiger charge is 2.21. The average molecular weight is 576 g/mol. The first-order chi connectivity index (χ1) is 20.4. The fourth-order valence-corrected chi connectivity index (χ4v) is 6.02. The molecule has 6 aromatic rings. The van der Waals surface area contributed by atoms with E-state index in [1.54, 1.807) is 17.9 Å². The fraction of sp³-hybridized carbons (Fsp3) is 0.156. The van der Waals surface area contributed by atoms with Crippen LogP contribution in [0.2, 0.25) is 0 Å². The van der Waals surface area contributed by atoms with Crippen molar-refractivity contribution in [1.29, 1.82) is 0 Å². The highest BCUT2D eigenvalue weighted by molar-refractivity contribution is 7.15. The molecule has 0 fully saturated rings. The van der Waals surface area contributed by atoms with Crippen molar-refractivity contribution >= 4 is 22.4 Å². The smallest absolute Gasteiger partial charge is 0.296 e. The SMILES string of the molecule is COc1ccc(Cc2nn3c(=O)c(=Cc4cn(-c5ccccc5)nc4-c4ccc5c(c4)CC(C)O5)sc3nc2=O)cc1. The molecule has 3 aromatic heterocycles. The zero-order valence-corrected chi connectivity index (χ0v) is 23.7. The zero-order valence-electron chi connectivity index (χ0n) is 22.9. The van der Waals surface area contributed by atoms with E-state index in [1.165, 1.54) is 4.52 Å². The van der Waals surface area contributed by atoms with E-state index < -0.39 is 5.56 Å². The molecule has 0 spiro atoms. The molecule has 0 saturated heterocycles. The fourth-order valence-electron chi connectivity index (χ4n) is 5.13. The number of aromatic nitrogens is 5. The Labute approximate surface area is 243 Å². The lowest BCUT2D eigenvalue weighted by molar-refractivity contribution is 0.254. The molecule has 42 heavy (non-hydrogen) atoms. The Balaban J connectivity index is 1.33. The van der Waals surface area contributed by atoms with Crippen LogP contribution in [0.1, 0.15) is 29.3 Å². The lowest BCUT2D eigenvalue weighted by atomic mass is 10.0. The maximum absolute atomic E-state index is 13.5. The summed E-state index contributed by atoms with van der Waals surface area (Å²) < 4.78 is 14.5. The van der Waals surface area contributed by atoms with Gasteiger partial charge >= 0.3 is 0 Å². The topological polar surface area (TPSA) is 101 Å². The number of fused-ring (bicyclic) bond motifs is 2. The molecule has 3 aromatic carbocycles. The van der Waals surface area contributed by atoms with Gasteiger partial charge in [0.05, 0.1) is 17.3 Å². The van der Waals surface area contributed by atoms with Crippen molar-refractivity contribution < 1.29 is 9.47 Å². The highest BCUT2D eigenvalue weighted by Crippen LogP contribution is 2.34. The summed E-state index contributed by atoms with van der Waals surface area (Å²) in [6.07, 6.45) is 4.91. The highest BCUT2D eigenvalue weighted by atomic mass is 32.1. The first-order valence-electron chi connectivity index (χ1n) is 13.5. The van der Waals surface area contributed by atoms with Crippen molar-refractivity contribution in [3.05, 3.63) is 127 Å². The van der Waals surface area contributed by atoms with Gasteiger partial charge in [0.15, 0.2) is 0 Å². The van der Waals surface area contributed by atoms with Gasteiger partial charge in [-0.2, -0.15) is 19.7 Å². The quantitative estimate of drug-likeness (QED) is 0.298. The summed E-state index contributed by atoms with van der Waals surface area (Å²) in [4.78, 5) is 30.8. The third kappa shape index (κ3) is 4.75. The molecule has 4 heterocycles. The monoisotopic (exact) mass is 575 g/mol. The molecule has 1 aliphatic rings. The van der Waals surface area contributed by atoms with Crippen LogP contribution in [0.15, 0.2) is 88.6 Å². The Kier molecular flexibility index (Phi) is 6.39. The van der Waals surface area contributed by atoms with Crippen molar-refractivity contribution in [3.8, 4) is 28.4 Å². The molecule has 1 unspecified atom stereocenters. The summed E-state index contributed by atoms with van der Waals surface area (Å²) >= 11 is 1.13. The molecular formula is C32H25N5O4S. The first kappa shape index (κ1) is 25.8. The molecule has 208 valence electrons. The Bertz CT molecular complexity index is 2120. The van der Waals surface area contributed by atoms with Crippen LogP contribution in [-0.2, 0) is 12.8 Å². The van der Waals surface area contributed by atoms with Gasteiger partial charge in [-0.05, 0) is 66.6 Å². The molecule has 0 bridgehead atoms. The number of benzene rings is 3. The van der Waals surface area contributed by atoms with E-state index in [-0.39, 0.29) is 28.7 Å². The van der Waals surface area contributed by atoms with E-state index in [1.807, 2.05) is 72.9 Å². The van der Waals surface area contributed by atoms with Gasteiger partial charge in [-0.25, -0.2) is 4.68 Å². The molecular weight excluding hydrogens is 550 g/mol. The van der Waals surface area contributed by atoms with E-state index in [9.17, 15) is 9.59 Å². The van der Waals surface area contributed by atoms with Crippen LogP contribution < -0.4 is 25.1 Å². The third-order valence-electron chi connectivity index (χ3n) is 7.20. The lowest BCUT2D eigenvalue weighted by Crippen LogP contribution is -2.28. The number of hydrogen-bond acceptors (Lipinski definition) is 8. The number of rotatable bonds is 6. The Morgan fingerprint density at radius 1 is 1.05 bits per heavy atom. The van der Waals surface area contributed by atoms with Crippen molar-refractivity contribution in [3.63, 3.8) is 0 Å². The summed E-state index contributed by atoms with van der Waals surface area (Å²) in [6.45, 7) is 2.05. The lowest BCUT2D eigenvalue weighted by Gasteiger charge is -2.04. The van der Waals surface area contributed by atoms with Crippen LogP contribution in [0.4, 0.5) is 0 Å². The zero-order chi connectivity index (χ0) is 28.8. The van der Waals surface area contributed by atoms with Gasteiger partial charge in [0.25, 0.3) is 11.1 Å². The minimum Gasteiger partial charge on any atom is -0.497 e. The maximum atomic E-state index is 13.5. The second-order valence-corrected chi connectivity index (χ2v) is 11.2. The van der Waals surface area contributed by atoms with Gasteiger partial charge in [0.1, 0.15) is 29.0 Å². The Morgan fingerprint density at radius 2 is 1.86 bits per heavy atom. The van der Waals surface area contributed by atoms with Crippen molar-refractivity contribution in [1.82, 2.24) is 24.4 Å². The molecule has 1 aliphatic heterocycles. The minimum atomic E-state index is -0.453. The van der Waals surface area contributed by atoms with Crippen LogP contribution in [0.25, 0.3) is 28.0 Å². The van der Waals surface area contributed by atoms with E-state index >= 15 is 0 Å². The van der Waals surface area contributed by atoms with Gasteiger partial charge in [0.2, 0.25) is 4.96 Å². The molecule has 10 heteroatoms. The number of ether oxygens (including phenoxy) is 2. The molecule has 0 N–H and O–H groups in total. The van der Waals surface area contributed by atoms with Gasteiger partial charge in [-0.15, -0.1) is 0 Å². The van der Waals surface area contributed by atoms with Crippen LogP contribution in [0.5, 0.6) is 11.5 Å². The van der Waals surface area contributed by atoms with Crippen LogP contribution >= 0.6 is 11.3 Å². The average Bonchev–Trinajstić information content (AvgIpc) is 3.68. The molecule has 1 atom stereocenters. The van der Waals surface area contributed by atoms with Crippen LogP contribution in [0.3, 0.4) is 0 Å². The minimum absolute atomic E-state index is 0.127. The summed E-state index contributed by atoms with van der Waals surface area (Å²) in [5.74, 6) is 1.60. The van der Waals surface area contributed by atoms with E-state index in [2.05, 4.69) is 23.1 Å². The van der Waals surface area contributed by atoms with Crippen LogP contribution in [-0.4, -0.2) is 37.6 Å². The predicted octanol–water partition coefficient (Wildman–Crippen LogP) is 3.83.